The molecule has 224 valence electrons. The number of nitrogen functional groups attached to an aromatic ring is 1. The number of hydrogen-bond acceptors (Lipinski definition) is 12. The van der Waals surface area contributed by atoms with Gasteiger partial charge in [0.15, 0.2) is 29.4 Å². The SMILES string of the molecule is CCOC(=O)[C@H](C)NP(=O)(OC[C@@]1(CCl)O[C@@H](n2cnc3c(N(C)C)nc(N)nc32)[C@H](F)[C@@H]1O)Oc1ccccc1. The molecule has 0 saturated carbocycles. The molecule has 3 heterocycles. The first-order valence-electron chi connectivity index (χ1n) is 12.6. The highest BCUT2D eigenvalue weighted by molar-refractivity contribution is 7.52. The zero-order valence-corrected chi connectivity index (χ0v) is 24.5. The minimum absolute atomic E-state index is 0.0790. The predicted molar refractivity (Wildman–Crippen MR) is 148 cm³/mol. The number of nitrogens with zero attached hydrogens (tertiary/aromatic N) is 5. The molecular formula is C24H32ClFN7O7P. The third-order valence-electron chi connectivity index (χ3n) is 6.25. The quantitative estimate of drug-likeness (QED) is 0.154. The van der Waals surface area contributed by atoms with Crippen molar-refractivity contribution in [2.24, 2.45) is 0 Å². The van der Waals surface area contributed by atoms with Crippen LogP contribution in [-0.2, 0) is 23.4 Å². The van der Waals surface area contributed by atoms with Crippen molar-refractivity contribution < 1.29 is 37.4 Å². The summed E-state index contributed by atoms with van der Waals surface area (Å²) < 4.78 is 53.0. The van der Waals surface area contributed by atoms with Crippen LogP contribution < -0.4 is 20.2 Å². The van der Waals surface area contributed by atoms with Crippen molar-refractivity contribution in [3.63, 3.8) is 0 Å². The number of nitrogens with two attached hydrogens (primary N) is 1. The highest BCUT2D eigenvalue weighted by atomic mass is 35.5. The maximum atomic E-state index is 15.7. The molecule has 3 aromatic rings. The molecule has 1 fully saturated rings. The molecule has 6 atom stereocenters. The number of fused-ring (bicyclic) bond motifs is 1. The van der Waals surface area contributed by atoms with Crippen LogP contribution in [0.2, 0.25) is 0 Å². The second kappa shape index (κ2) is 12.4. The smallest absolute Gasteiger partial charge is 0.459 e. The van der Waals surface area contributed by atoms with Gasteiger partial charge in [-0.1, -0.05) is 18.2 Å². The molecule has 17 heteroatoms. The van der Waals surface area contributed by atoms with Crippen LogP contribution in [0.1, 0.15) is 20.1 Å². The lowest BCUT2D eigenvalue weighted by atomic mass is 9.99. The summed E-state index contributed by atoms with van der Waals surface area (Å²) in [4.78, 5) is 26.5. The van der Waals surface area contributed by atoms with Crippen molar-refractivity contribution in [2.45, 2.75) is 44.0 Å². The maximum absolute atomic E-state index is 15.7. The number of imidazole rings is 1. The minimum atomic E-state index is -4.36. The van der Waals surface area contributed by atoms with Crippen LogP contribution >= 0.6 is 19.3 Å². The summed E-state index contributed by atoms with van der Waals surface area (Å²) in [5, 5.41) is 13.5. The number of carbonyl (C=O) groups is 1. The Labute approximate surface area is 240 Å². The van der Waals surface area contributed by atoms with Gasteiger partial charge in [0, 0.05) is 14.1 Å². The summed E-state index contributed by atoms with van der Waals surface area (Å²) in [6, 6.07) is 6.95. The molecule has 1 saturated heterocycles. The van der Waals surface area contributed by atoms with Gasteiger partial charge in [0.1, 0.15) is 23.5 Å². The molecule has 4 rings (SSSR count). The number of para-hydroxylation sites is 1. The monoisotopic (exact) mass is 615 g/mol. The molecule has 1 aliphatic heterocycles. The summed E-state index contributed by atoms with van der Waals surface area (Å²) in [6.07, 6.45) is -4.04. The molecule has 0 aliphatic carbocycles. The number of anilines is 2. The fourth-order valence-electron chi connectivity index (χ4n) is 4.18. The predicted octanol–water partition coefficient (Wildman–Crippen LogP) is 2.42. The number of esters is 1. The van der Waals surface area contributed by atoms with Crippen molar-refractivity contribution in [3.8, 4) is 5.75 Å². The van der Waals surface area contributed by atoms with Crippen LogP contribution in [0.15, 0.2) is 36.7 Å². The normalized spacial score (nSPS) is 24.6. The number of aliphatic hydroxyl groups excluding tert-OH is 1. The second-order valence-electron chi connectivity index (χ2n) is 9.50. The van der Waals surface area contributed by atoms with Gasteiger partial charge < -0.3 is 29.7 Å². The Bertz CT molecular complexity index is 1420. The van der Waals surface area contributed by atoms with E-state index in [1.54, 1.807) is 44.1 Å². The lowest BCUT2D eigenvalue weighted by Gasteiger charge is -2.31. The summed E-state index contributed by atoms with van der Waals surface area (Å²) >= 11 is 6.21. The first-order valence-corrected chi connectivity index (χ1v) is 14.7. The third kappa shape index (κ3) is 6.40. The summed E-state index contributed by atoms with van der Waals surface area (Å²) in [6.45, 7) is 2.45. The number of aliphatic hydroxyl groups is 1. The molecule has 1 aliphatic rings. The third-order valence-corrected chi connectivity index (χ3v) is 8.33. The van der Waals surface area contributed by atoms with Crippen molar-refractivity contribution in [1.29, 1.82) is 0 Å². The number of rotatable bonds is 12. The molecule has 1 unspecified atom stereocenters. The van der Waals surface area contributed by atoms with Gasteiger partial charge in [-0.05, 0) is 26.0 Å². The number of aromatic nitrogens is 4. The Morgan fingerprint density at radius 3 is 2.71 bits per heavy atom. The van der Waals surface area contributed by atoms with Gasteiger partial charge in [-0.25, -0.2) is 13.9 Å². The van der Waals surface area contributed by atoms with E-state index in [2.05, 4.69) is 20.0 Å². The van der Waals surface area contributed by atoms with E-state index < -0.39 is 56.3 Å². The van der Waals surface area contributed by atoms with E-state index in [0.29, 0.717) is 11.3 Å². The molecule has 0 radical (unpaired) electrons. The molecule has 14 nitrogen and oxygen atoms in total. The summed E-state index contributed by atoms with van der Waals surface area (Å²) in [5.41, 5.74) is 4.46. The molecule has 0 spiro atoms. The molecular weight excluding hydrogens is 584 g/mol. The van der Waals surface area contributed by atoms with E-state index in [9.17, 15) is 14.5 Å². The van der Waals surface area contributed by atoms with E-state index in [1.165, 1.54) is 30.0 Å². The number of halogens is 2. The lowest BCUT2D eigenvalue weighted by Crippen LogP contribution is -2.48. The van der Waals surface area contributed by atoms with Gasteiger partial charge in [-0.2, -0.15) is 15.1 Å². The maximum Gasteiger partial charge on any atom is 0.459 e. The van der Waals surface area contributed by atoms with Crippen LogP contribution in [0, 0.1) is 0 Å². The van der Waals surface area contributed by atoms with E-state index in [-0.39, 0.29) is 24.0 Å². The van der Waals surface area contributed by atoms with E-state index >= 15 is 4.39 Å². The average Bonchev–Trinajstić information content (AvgIpc) is 3.46. The Balaban J connectivity index is 1.62. The van der Waals surface area contributed by atoms with Crippen LogP contribution in [0.5, 0.6) is 5.75 Å². The number of alkyl halides is 2. The number of ether oxygens (including phenoxy) is 2. The molecule has 2 aromatic heterocycles. The van der Waals surface area contributed by atoms with Crippen LogP contribution in [-0.4, -0.2) is 87.7 Å². The van der Waals surface area contributed by atoms with Crippen molar-refractivity contribution in [1.82, 2.24) is 24.6 Å². The fourth-order valence-corrected chi connectivity index (χ4v) is 6.02. The number of carbonyl (C=O) groups excluding carboxylic acids is 1. The molecule has 0 bridgehead atoms. The highest BCUT2D eigenvalue weighted by Crippen LogP contribution is 2.49. The molecule has 4 N–H and O–H groups in total. The average molecular weight is 616 g/mol. The van der Waals surface area contributed by atoms with Gasteiger partial charge >= 0.3 is 13.7 Å². The van der Waals surface area contributed by atoms with Gasteiger partial charge in [0.05, 0.1) is 25.4 Å². The van der Waals surface area contributed by atoms with Crippen LogP contribution in [0.3, 0.4) is 0 Å². The zero-order valence-electron chi connectivity index (χ0n) is 22.8. The largest absolute Gasteiger partial charge is 0.465 e. The minimum Gasteiger partial charge on any atom is -0.465 e. The van der Waals surface area contributed by atoms with Crippen molar-refractivity contribution in [2.75, 3.05) is 43.8 Å². The molecule has 1 aromatic carbocycles. The zero-order chi connectivity index (χ0) is 29.9. The first-order chi connectivity index (χ1) is 19.4. The first kappa shape index (κ1) is 30.9. The Morgan fingerprint density at radius 2 is 2.07 bits per heavy atom. The van der Waals surface area contributed by atoms with Crippen LogP contribution in [0.4, 0.5) is 16.2 Å². The van der Waals surface area contributed by atoms with E-state index in [4.69, 9.17) is 35.9 Å². The Morgan fingerprint density at radius 1 is 1.37 bits per heavy atom. The van der Waals surface area contributed by atoms with E-state index in [1.807, 2.05) is 0 Å². The summed E-state index contributed by atoms with van der Waals surface area (Å²) in [7, 11) is -0.892. The summed E-state index contributed by atoms with van der Waals surface area (Å²) in [5.74, 6) is -0.687. The van der Waals surface area contributed by atoms with Crippen molar-refractivity contribution in [3.05, 3.63) is 36.7 Å². The molecule has 41 heavy (non-hydrogen) atoms. The highest BCUT2D eigenvalue weighted by Gasteiger charge is 2.57. The van der Waals surface area contributed by atoms with Gasteiger partial charge in [-0.3, -0.25) is 13.9 Å². The second-order valence-corrected chi connectivity index (χ2v) is 11.5. The topological polar surface area (TPSA) is 176 Å². The number of hydrogen-bond donors (Lipinski definition) is 3. The Hall–Kier alpha value is -3.07. The van der Waals surface area contributed by atoms with Gasteiger partial charge in [-0.15, -0.1) is 11.6 Å². The number of nitrogens with one attached hydrogen (secondary N) is 1. The van der Waals surface area contributed by atoms with Crippen LogP contribution in [0.25, 0.3) is 11.2 Å². The molecule has 0 amide bonds. The van der Waals surface area contributed by atoms with Gasteiger partial charge in [0.25, 0.3) is 0 Å². The van der Waals surface area contributed by atoms with Crippen molar-refractivity contribution >= 4 is 48.2 Å². The number of benzene rings is 1. The van der Waals surface area contributed by atoms with E-state index in [0.717, 1.165) is 0 Å². The fraction of sp³-hybridized carbons (Fsp3) is 0.500. The van der Waals surface area contributed by atoms with Gasteiger partial charge in [0.2, 0.25) is 5.95 Å². The Kier molecular flexibility index (Phi) is 9.36. The standard InChI is InChI=1S/C24H32ClFN7O7P/c1-5-37-22(35)14(2)31-41(36,40-15-9-7-6-8-10-15)38-12-24(11-25)18(34)16(26)21(39-24)33-13-28-17-19(32(3)4)29-23(27)30-20(17)33/h6-10,13-14,16,18,21,34H,5,11-12H2,1-4H3,(H,31,36)(H2,27,29,30)/t14-,16+,18-,21+,24+,41?/m0/s1. The lowest BCUT2D eigenvalue weighted by molar-refractivity contribution is -0.144.